The molecule has 0 radical (unpaired) electrons. The molecule has 0 saturated heterocycles. The van der Waals surface area contributed by atoms with Crippen LogP contribution in [0.5, 0.6) is 0 Å². The van der Waals surface area contributed by atoms with Gasteiger partial charge in [0.05, 0.1) is 17.2 Å². The van der Waals surface area contributed by atoms with Gasteiger partial charge in [0.25, 0.3) is 11.8 Å². The molecule has 0 fully saturated rings. The lowest BCUT2D eigenvalue weighted by atomic mass is 9.93. The van der Waals surface area contributed by atoms with Gasteiger partial charge in [-0.15, -0.1) is 0 Å². The van der Waals surface area contributed by atoms with Crippen molar-refractivity contribution in [2.45, 2.75) is 6.04 Å². The maximum Gasteiger partial charge on any atom is 0.407 e. The van der Waals surface area contributed by atoms with E-state index in [0.29, 0.717) is 22.3 Å². The number of carbonyl (C=O) groups is 3. The lowest BCUT2D eigenvalue weighted by molar-refractivity contribution is 0.0582. The van der Waals surface area contributed by atoms with Crippen LogP contribution in [0.2, 0.25) is 0 Å². The minimum Gasteiger partial charge on any atom is -0.465 e. The summed E-state index contributed by atoms with van der Waals surface area (Å²) in [5.74, 6) is -1.32. The summed E-state index contributed by atoms with van der Waals surface area (Å²) < 4.78 is 13.3. The van der Waals surface area contributed by atoms with E-state index in [1.807, 2.05) is 0 Å². The van der Waals surface area contributed by atoms with Gasteiger partial charge in [-0.05, 0) is 35.4 Å². The van der Waals surface area contributed by atoms with Crippen LogP contribution in [-0.4, -0.2) is 51.9 Å². The predicted octanol–water partition coefficient (Wildman–Crippen LogP) is 2.87. The van der Waals surface area contributed by atoms with Crippen molar-refractivity contribution >= 4 is 23.5 Å². The third kappa shape index (κ3) is 2.77. The number of hydrogen-bond acceptors (Lipinski definition) is 3. The normalized spacial score (nSPS) is 19.1. The zero-order chi connectivity index (χ0) is 19.1. The third-order valence-corrected chi connectivity index (χ3v) is 4.87. The molecule has 0 unspecified atom stereocenters. The van der Waals surface area contributed by atoms with E-state index in [4.69, 9.17) is 0 Å². The van der Waals surface area contributed by atoms with Crippen molar-refractivity contribution in [2.24, 2.45) is 0 Å². The van der Waals surface area contributed by atoms with Crippen LogP contribution >= 0.6 is 0 Å². The Balaban J connectivity index is 1.78. The van der Waals surface area contributed by atoms with E-state index in [0.717, 1.165) is 9.80 Å². The molecule has 136 valence electrons. The van der Waals surface area contributed by atoms with Gasteiger partial charge in [-0.3, -0.25) is 14.5 Å². The summed E-state index contributed by atoms with van der Waals surface area (Å²) in [6, 6.07) is 11.4. The summed E-state index contributed by atoms with van der Waals surface area (Å²) in [4.78, 5) is 39.4. The van der Waals surface area contributed by atoms with Gasteiger partial charge in [-0.1, -0.05) is 30.3 Å². The van der Waals surface area contributed by atoms with Crippen LogP contribution in [0.1, 0.15) is 26.3 Å². The average molecular weight is 366 g/mol. The number of carboxylic acid groups (broad SMARTS) is 1. The molecule has 2 aliphatic rings. The Bertz CT molecular complexity index is 949. The minimum atomic E-state index is -1.13. The van der Waals surface area contributed by atoms with Crippen molar-refractivity contribution in [2.75, 3.05) is 13.1 Å². The first-order chi connectivity index (χ1) is 13.0. The monoisotopic (exact) mass is 366 g/mol. The smallest absolute Gasteiger partial charge is 0.407 e. The number of amides is 3. The number of fused-ring (bicyclic) bond motifs is 1. The van der Waals surface area contributed by atoms with Gasteiger partial charge >= 0.3 is 6.09 Å². The number of imide groups is 1. The van der Waals surface area contributed by atoms with Gasteiger partial charge < -0.3 is 10.0 Å². The Labute approximate surface area is 154 Å². The van der Waals surface area contributed by atoms with Gasteiger partial charge in [0.1, 0.15) is 5.82 Å². The number of rotatable bonds is 2. The summed E-state index contributed by atoms with van der Waals surface area (Å²) in [6.07, 6.45) is 0.532. The van der Waals surface area contributed by atoms with Gasteiger partial charge in [0, 0.05) is 13.1 Å². The van der Waals surface area contributed by atoms with Crippen molar-refractivity contribution in [3.05, 3.63) is 77.1 Å². The van der Waals surface area contributed by atoms with E-state index in [1.54, 1.807) is 42.5 Å². The molecule has 7 heteroatoms. The fraction of sp³-hybridized carbons (Fsp3) is 0.150. The molecule has 27 heavy (non-hydrogen) atoms. The Kier molecular flexibility index (Phi) is 3.99. The Morgan fingerprint density at radius 2 is 1.59 bits per heavy atom. The van der Waals surface area contributed by atoms with Crippen molar-refractivity contribution in [3.8, 4) is 0 Å². The molecule has 2 heterocycles. The first-order valence-corrected chi connectivity index (χ1v) is 8.38. The highest BCUT2D eigenvalue weighted by molar-refractivity contribution is 6.22. The molecule has 3 amide bonds. The van der Waals surface area contributed by atoms with Crippen molar-refractivity contribution in [1.82, 2.24) is 9.80 Å². The van der Waals surface area contributed by atoms with Crippen molar-refractivity contribution in [3.63, 3.8) is 0 Å². The minimum absolute atomic E-state index is 0.0377. The predicted molar refractivity (Wildman–Crippen MR) is 94.7 cm³/mol. The van der Waals surface area contributed by atoms with Gasteiger partial charge in [-0.2, -0.15) is 0 Å². The van der Waals surface area contributed by atoms with E-state index in [9.17, 15) is 23.9 Å². The number of carbonyl (C=O) groups excluding carboxylic acids is 2. The van der Waals surface area contributed by atoms with Crippen LogP contribution < -0.4 is 0 Å². The van der Waals surface area contributed by atoms with Crippen LogP contribution in [0.15, 0.2) is 54.6 Å². The third-order valence-electron chi connectivity index (χ3n) is 4.87. The number of halogens is 1. The van der Waals surface area contributed by atoms with E-state index < -0.39 is 29.8 Å². The first-order valence-electron chi connectivity index (χ1n) is 8.38. The highest BCUT2D eigenvalue weighted by Crippen LogP contribution is 2.33. The first kappa shape index (κ1) is 17.0. The Morgan fingerprint density at radius 3 is 2.15 bits per heavy atom. The lowest BCUT2D eigenvalue weighted by Crippen LogP contribution is -2.51. The SMILES string of the molecule is O=C(O)N1CC=C(c2ccc(F)cc2)[C@@H](N2C(=O)c3ccccc3C2=O)C1. The average Bonchev–Trinajstić information content (AvgIpc) is 2.93. The summed E-state index contributed by atoms with van der Waals surface area (Å²) in [5, 5.41) is 9.36. The fourth-order valence-electron chi connectivity index (χ4n) is 3.55. The largest absolute Gasteiger partial charge is 0.465 e. The molecule has 4 rings (SSSR count). The number of nitrogens with zero attached hydrogens (tertiary/aromatic N) is 2. The van der Waals surface area contributed by atoms with Gasteiger partial charge in [-0.25, -0.2) is 9.18 Å². The zero-order valence-corrected chi connectivity index (χ0v) is 14.1. The van der Waals surface area contributed by atoms with Crippen LogP contribution in [0.25, 0.3) is 5.57 Å². The molecular formula is C20H15FN2O4. The molecule has 0 saturated carbocycles. The summed E-state index contributed by atoms with van der Waals surface area (Å²) in [6.45, 7) is 0.0890. The zero-order valence-electron chi connectivity index (χ0n) is 14.1. The van der Waals surface area contributed by atoms with Crippen LogP contribution in [0.4, 0.5) is 9.18 Å². The van der Waals surface area contributed by atoms with E-state index in [2.05, 4.69) is 0 Å². The molecule has 2 aromatic rings. The standard InChI is InChI=1S/C20H15FN2O4/c21-13-7-5-12(6-8-13)14-9-10-22(20(26)27)11-17(14)23-18(24)15-3-1-2-4-16(15)19(23)25/h1-9,17H,10-11H2,(H,26,27)/t17-/m0/s1. The molecular weight excluding hydrogens is 351 g/mol. The lowest BCUT2D eigenvalue weighted by Gasteiger charge is -2.36. The van der Waals surface area contributed by atoms with E-state index >= 15 is 0 Å². The summed E-state index contributed by atoms with van der Waals surface area (Å²) in [7, 11) is 0. The molecule has 2 aliphatic heterocycles. The summed E-state index contributed by atoms with van der Waals surface area (Å²) >= 11 is 0. The second-order valence-corrected chi connectivity index (χ2v) is 6.40. The van der Waals surface area contributed by atoms with E-state index in [1.165, 1.54) is 12.1 Å². The highest BCUT2D eigenvalue weighted by atomic mass is 19.1. The topological polar surface area (TPSA) is 77.9 Å². The van der Waals surface area contributed by atoms with Crippen LogP contribution in [-0.2, 0) is 0 Å². The summed E-state index contributed by atoms with van der Waals surface area (Å²) in [5.41, 5.74) is 1.87. The number of hydrogen-bond donors (Lipinski definition) is 1. The van der Waals surface area contributed by atoms with E-state index in [-0.39, 0.29) is 13.1 Å². The molecule has 0 bridgehead atoms. The maximum atomic E-state index is 13.3. The Morgan fingerprint density at radius 1 is 1.00 bits per heavy atom. The van der Waals surface area contributed by atoms with Crippen molar-refractivity contribution in [1.29, 1.82) is 0 Å². The quantitative estimate of drug-likeness (QED) is 0.829. The Hall–Kier alpha value is -3.48. The molecule has 1 atom stereocenters. The second-order valence-electron chi connectivity index (χ2n) is 6.40. The molecule has 0 aromatic heterocycles. The molecule has 1 N–H and O–H groups in total. The van der Waals surface area contributed by atoms with Gasteiger partial charge in [0.2, 0.25) is 0 Å². The van der Waals surface area contributed by atoms with Gasteiger partial charge in [0.15, 0.2) is 0 Å². The highest BCUT2D eigenvalue weighted by Gasteiger charge is 2.43. The maximum absolute atomic E-state index is 13.3. The number of benzene rings is 2. The van der Waals surface area contributed by atoms with Crippen molar-refractivity contribution < 1.29 is 23.9 Å². The fourth-order valence-corrected chi connectivity index (χ4v) is 3.55. The molecule has 0 aliphatic carbocycles. The second kappa shape index (κ2) is 6.35. The van der Waals surface area contributed by atoms with Crippen LogP contribution in [0, 0.1) is 5.82 Å². The molecule has 0 spiro atoms. The molecule has 2 aromatic carbocycles. The molecule has 6 nitrogen and oxygen atoms in total. The van der Waals surface area contributed by atoms with Crippen LogP contribution in [0.3, 0.4) is 0 Å².